The number of aryl methyl sites for hydroxylation is 2. The van der Waals surface area contributed by atoms with E-state index in [2.05, 4.69) is 9.40 Å². The molecular formula is C7H9F2NO2. The molecule has 1 heterocycles. The van der Waals surface area contributed by atoms with E-state index in [1.54, 1.807) is 13.8 Å². The molecule has 1 rings (SSSR count). The minimum atomic E-state index is -3.38. The standard InChI is InChI=1S/C7H9F2NO2/c1-4-5(2)12-6(10-4)7(8,9)3-11/h11H,3H2,1-2H3. The van der Waals surface area contributed by atoms with Gasteiger partial charge in [0.25, 0.3) is 5.89 Å². The van der Waals surface area contributed by atoms with E-state index in [-0.39, 0.29) is 0 Å². The molecule has 0 aromatic carbocycles. The number of aliphatic hydroxyl groups excluding tert-OH is 1. The van der Waals surface area contributed by atoms with Crippen molar-refractivity contribution in [2.24, 2.45) is 0 Å². The lowest BCUT2D eigenvalue weighted by Crippen LogP contribution is -2.18. The normalized spacial score (nSPS) is 12.1. The van der Waals surface area contributed by atoms with Gasteiger partial charge in [0, 0.05) is 0 Å². The van der Waals surface area contributed by atoms with E-state index < -0.39 is 18.4 Å². The van der Waals surface area contributed by atoms with Crippen LogP contribution in [0.25, 0.3) is 0 Å². The maximum atomic E-state index is 12.7. The molecule has 0 saturated heterocycles. The first-order valence-electron chi connectivity index (χ1n) is 3.40. The molecule has 0 aliphatic heterocycles. The van der Waals surface area contributed by atoms with Crippen molar-refractivity contribution in [2.45, 2.75) is 19.8 Å². The summed E-state index contributed by atoms with van der Waals surface area (Å²) in [7, 11) is 0. The van der Waals surface area contributed by atoms with Gasteiger partial charge in [0.2, 0.25) is 0 Å². The zero-order valence-corrected chi connectivity index (χ0v) is 6.77. The molecule has 3 nitrogen and oxygen atoms in total. The van der Waals surface area contributed by atoms with Crippen LogP contribution in [0.15, 0.2) is 4.42 Å². The maximum absolute atomic E-state index is 12.7. The molecule has 0 unspecified atom stereocenters. The molecule has 0 aliphatic rings. The molecule has 12 heavy (non-hydrogen) atoms. The van der Waals surface area contributed by atoms with Crippen LogP contribution in [-0.4, -0.2) is 16.7 Å². The third kappa shape index (κ3) is 1.45. The minimum Gasteiger partial charge on any atom is -0.440 e. The minimum absolute atomic E-state index is 0.345. The number of halogens is 2. The fourth-order valence-electron chi connectivity index (χ4n) is 0.697. The largest absolute Gasteiger partial charge is 0.440 e. The topological polar surface area (TPSA) is 46.3 Å². The summed E-state index contributed by atoms with van der Waals surface area (Å²) in [5.74, 6) is -3.75. The van der Waals surface area contributed by atoms with Crippen LogP contribution in [0.4, 0.5) is 8.78 Å². The van der Waals surface area contributed by atoms with Gasteiger partial charge >= 0.3 is 5.92 Å². The molecule has 0 aliphatic carbocycles. The first-order chi connectivity index (χ1) is 5.47. The Morgan fingerprint density at radius 3 is 2.42 bits per heavy atom. The van der Waals surface area contributed by atoms with Crippen molar-refractivity contribution < 1.29 is 18.3 Å². The molecule has 0 atom stereocenters. The summed E-state index contributed by atoms with van der Waals surface area (Å²) in [6.45, 7) is 1.82. The van der Waals surface area contributed by atoms with Crippen LogP contribution in [-0.2, 0) is 5.92 Å². The van der Waals surface area contributed by atoms with E-state index in [4.69, 9.17) is 5.11 Å². The smallest absolute Gasteiger partial charge is 0.344 e. The summed E-state index contributed by atoms with van der Waals surface area (Å²) in [5.41, 5.74) is 0.415. The van der Waals surface area contributed by atoms with Gasteiger partial charge in [0.1, 0.15) is 12.4 Å². The molecule has 68 valence electrons. The van der Waals surface area contributed by atoms with Gasteiger partial charge in [0.05, 0.1) is 5.69 Å². The molecular weight excluding hydrogens is 168 g/mol. The predicted octanol–water partition coefficient (Wildman–Crippen LogP) is 1.38. The van der Waals surface area contributed by atoms with Crippen molar-refractivity contribution in [1.82, 2.24) is 4.98 Å². The van der Waals surface area contributed by atoms with Gasteiger partial charge in [-0.3, -0.25) is 0 Å². The average Bonchev–Trinajstić information content (AvgIpc) is 2.33. The Hall–Kier alpha value is -0.970. The first-order valence-corrected chi connectivity index (χ1v) is 3.40. The second-order valence-electron chi connectivity index (χ2n) is 2.52. The van der Waals surface area contributed by atoms with E-state index >= 15 is 0 Å². The van der Waals surface area contributed by atoms with Crippen molar-refractivity contribution in [2.75, 3.05) is 6.61 Å². The Bertz CT molecular complexity index is 263. The van der Waals surface area contributed by atoms with Gasteiger partial charge < -0.3 is 9.52 Å². The lowest BCUT2D eigenvalue weighted by Gasteiger charge is -2.06. The number of alkyl halides is 2. The van der Waals surface area contributed by atoms with Gasteiger partial charge in [-0.25, -0.2) is 4.98 Å². The third-order valence-electron chi connectivity index (χ3n) is 1.54. The Morgan fingerprint density at radius 1 is 1.50 bits per heavy atom. The SMILES string of the molecule is Cc1nc(C(F)(F)CO)oc1C. The van der Waals surface area contributed by atoms with E-state index in [1.165, 1.54) is 0 Å². The zero-order valence-electron chi connectivity index (χ0n) is 6.77. The summed E-state index contributed by atoms with van der Waals surface area (Å²) in [6.07, 6.45) is 0. The van der Waals surface area contributed by atoms with Crippen molar-refractivity contribution in [1.29, 1.82) is 0 Å². The van der Waals surface area contributed by atoms with E-state index in [9.17, 15) is 8.78 Å². The summed E-state index contributed by atoms with van der Waals surface area (Å²) in [5, 5.41) is 8.30. The van der Waals surface area contributed by atoms with Gasteiger partial charge in [0.15, 0.2) is 0 Å². The van der Waals surface area contributed by atoms with Crippen LogP contribution in [0, 0.1) is 13.8 Å². The summed E-state index contributed by atoms with van der Waals surface area (Å²) in [6, 6.07) is 0. The van der Waals surface area contributed by atoms with Crippen LogP contribution < -0.4 is 0 Å². The molecule has 0 fully saturated rings. The molecule has 0 spiro atoms. The number of hydrogen-bond donors (Lipinski definition) is 1. The Morgan fingerprint density at radius 2 is 2.08 bits per heavy atom. The summed E-state index contributed by atoms with van der Waals surface area (Å²) in [4.78, 5) is 3.48. The lowest BCUT2D eigenvalue weighted by atomic mass is 10.3. The molecule has 0 radical (unpaired) electrons. The second kappa shape index (κ2) is 2.82. The van der Waals surface area contributed by atoms with Crippen LogP contribution in [0.5, 0.6) is 0 Å². The number of aliphatic hydroxyl groups is 1. The van der Waals surface area contributed by atoms with Crippen molar-refractivity contribution in [3.63, 3.8) is 0 Å². The average molecular weight is 177 g/mol. The molecule has 0 saturated carbocycles. The van der Waals surface area contributed by atoms with E-state index in [0.29, 0.717) is 11.5 Å². The van der Waals surface area contributed by atoms with Crippen LogP contribution in [0.1, 0.15) is 17.3 Å². The van der Waals surface area contributed by atoms with Crippen molar-refractivity contribution >= 4 is 0 Å². The number of rotatable bonds is 2. The number of aromatic nitrogens is 1. The highest BCUT2D eigenvalue weighted by atomic mass is 19.3. The summed E-state index contributed by atoms with van der Waals surface area (Å²) >= 11 is 0. The first kappa shape index (κ1) is 9.12. The predicted molar refractivity (Wildman–Crippen MR) is 37.0 cm³/mol. The van der Waals surface area contributed by atoms with Gasteiger partial charge in [-0.1, -0.05) is 0 Å². The van der Waals surface area contributed by atoms with E-state index in [0.717, 1.165) is 0 Å². The van der Waals surface area contributed by atoms with Crippen LogP contribution in [0.2, 0.25) is 0 Å². The Balaban J connectivity index is 3.04. The van der Waals surface area contributed by atoms with Crippen molar-refractivity contribution in [3.05, 3.63) is 17.3 Å². The molecule has 5 heteroatoms. The Kier molecular flexibility index (Phi) is 2.14. The van der Waals surface area contributed by atoms with Crippen LogP contribution in [0.3, 0.4) is 0 Å². The highest BCUT2D eigenvalue weighted by molar-refractivity contribution is 5.08. The molecule has 0 amide bonds. The fourth-order valence-corrected chi connectivity index (χ4v) is 0.697. The highest BCUT2D eigenvalue weighted by Gasteiger charge is 2.36. The molecule has 0 bridgehead atoms. The fraction of sp³-hybridized carbons (Fsp3) is 0.571. The lowest BCUT2D eigenvalue weighted by molar-refractivity contribution is -0.0769. The molecule has 1 N–H and O–H groups in total. The van der Waals surface area contributed by atoms with E-state index in [1.807, 2.05) is 0 Å². The van der Waals surface area contributed by atoms with Crippen LogP contribution >= 0.6 is 0 Å². The van der Waals surface area contributed by atoms with Crippen molar-refractivity contribution in [3.8, 4) is 0 Å². The number of nitrogens with zero attached hydrogens (tertiary/aromatic N) is 1. The monoisotopic (exact) mass is 177 g/mol. The summed E-state index contributed by atoms with van der Waals surface area (Å²) < 4.78 is 30.0. The quantitative estimate of drug-likeness (QED) is 0.742. The Labute approximate surface area is 68.0 Å². The van der Waals surface area contributed by atoms with Gasteiger partial charge in [-0.15, -0.1) is 0 Å². The molecule has 1 aromatic heterocycles. The maximum Gasteiger partial charge on any atom is 0.344 e. The number of oxazole rings is 1. The third-order valence-corrected chi connectivity index (χ3v) is 1.54. The zero-order chi connectivity index (χ0) is 9.35. The van der Waals surface area contributed by atoms with Gasteiger partial charge in [-0.2, -0.15) is 8.78 Å². The molecule has 1 aromatic rings. The highest BCUT2D eigenvalue weighted by Crippen LogP contribution is 2.27. The number of hydrogen-bond acceptors (Lipinski definition) is 3. The van der Waals surface area contributed by atoms with Gasteiger partial charge in [-0.05, 0) is 13.8 Å². The second-order valence-corrected chi connectivity index (χ2v) is 2.52.